The van der Waals surface area contributed by atoms with Gasteiger partial charge in [-0.2, -0.15) is 0 Å². The molecule has 1 aliphatic heterocycles. The van der Waals surface area contributed by atoms with E-state index >= 15 is 0 Å². The van der Waals surface area contributed by atoms with Crippen molar-refractivity contribution in [2.45, 2.75) is 19.3 Å². The van der Waals surface area contributed by atoms with Crippen LogP contribution in [0.1, 0.15) is 18.5 Å². The summed E-state index contributed by atoms with van der Waals surface area (Å²) in [6, 6.07) is 5.93. The molecule has 0 unspecified atom stereocenters. The summed E-state index contributed by atoms with van der Waals surface area (Å²) in [6.45, 7) is 0. The van der Waals surface area contributed by atoms with Crippen LogP contribution >= 0.6 is 0 Å². The summed E-state index contributed by atoms with van der Waals surface area (Å²) in [5.74, 6) is 1.13. The first-order valence-electron chi connectivity index (χ1n) is 6.25. The molecule has 18 heavy (non-hydrogen) atoms. The van der Waals surface area contributed by atoms with Gasteiger partial charge < -0.3 is 4.40 Å². The standard InChI is InChI=1S/C13H16N2O2S/c16-18(17)7-4-11(5-8-18)9-12-10-15-6-2-1-3-13(15)14-12/h1-3,6,10-11H,4-5,7-9H2. The SMILES string of the molecule is O=S1(=O)CCC(Cc2cn3ccccc3n2)CC1. The number of hydrogen-bond donors (Lipinski definition) is 0. The highest BCUT2D eigenvalue weighted by Crippen LogP contribution is 2.22. The van der Waals surface area contributed by atoms with Crippen LogP contribution in [0.2, 0.25) is 0 Å². The fourth-order valence-electron chi connectivity index (χ4n) is 2.52. The van der Waals surface area contributed by atoms with E-state index in [9.17, 15) is 8.42 Å². The Kier molecular flexibility index (Phi) is 2.86. The lowest BCUT2D eigenvalue weighted by atomic mass is 9.97. The van der Waals surface area contributed by atoms with Gasteiger partial charge >= 0.3 is 0 Å². The molecule has 2 aromatic rings. The highest BCUT2D eigenvalue weighted by molar-refractivity contribution is 7.91. The molecule has 0 saturated carbocycles. The third kappa shape index (κ3) is 2.41. The minimum Gasteiger partial charge on any atom is -0.307 e. The van der Waals surface area contributed by atoms with Crippen LogP contribution in [0.15, 0.2) is 30.6 Å². The van der Waals surface area contributed by atoms with Gasteiger partial charge in [-0.05, 0) is 37.3 Å². The molecular weight excluding hydrogens is 248 g/mol. The molecule has 0 aliphatic carbocycles. The maximum absolute atomic E-state index is 11.4. The first-order valence-corrected chi connectivity index (χ1v) is 8.07. The number of imidazole rings is 1. The van der Waals surface area contributed by atoms with E-state index in [1.807, 2.05) is 35.0 Å². The van der Waals surface area contributed by atoms with Gasteiger partial charge in [-0.25, -0.2) is 13.4 Å². The summed E-state index contributed by atoms with van der Waals surface area (Å²) in [4.78, 5) is 4.56. The van der Waals surface area contributed by atoms with E-state index < -0.39 is 9.84 Å². The molecule has 1 fully saturated rings. The van der Waals surface area contributed by atoms with Gasteiger partial charge in [0.25, 0.3) is 0 Å². The monoisotopic (exact) mass is 264 g/mol. The number of sulfone groups is 1. The Balaban J connectivity index is 1.73. The fraction of sp³-hybridized carbons (Fsp3) is 0.462. The molecule has 4 nitrogen and oxygen atoms in total. The molecule has 1 aliphatic rings. The van der Waals surface area contributed by atoms with Crippen LogP contribution in [0.3, 0.4) is 0 Å². The topological polar surface area (TPSA) is 51.4 Å². The minimum absolute atomic E-state index is 0.338. The van der Waals surface area contributed by atoms with E-state index in [0.717, 1.165) is 30.6 Å². The fourth-order valence-corrected chi connectivity index (χ4v) is 4.11. The highest BCUT2D eigenvalue weighted by atomic mass is 32.2. The van der Waals surface area contributed by atoms with Crippen molar-refractivity contribution in [1.82, 2.24) is 9.38 Å². The molecule has 0 bridgehead atoms. The zero-order chi connectivity index (χ0) is 12.6. The predicted octanol–water partition coefficient (Wildman–Crippen LogP) is 1.70. The smallest absolute Gasteiger partial charge is 0.150 e. The quantitative estimate of drug-likeness (QED) is 0.829. The molecule has 3 rings (SSSR count). The number of rotatable bonds is 2. The Morgan fingerprint density at radius 3 is 2.78 bits per heavy atom. The van der Waals surface area contributed by atoms with Crippen LogP contribution < -0.4 is 0 Å². The maximum atomic E-state index is 11.4. The van der Waals surface area contributed by atoms with Gasteiger partial charge in [0.15, 0.2) is 0 Å². The molecule has 2 aromatic heterocycles. The Morgan fingerprint density at radius 1 is 1.28 bits per heavy atom. The lowest BCUT2D eigenvalue weighted by Crippen LogP contribution is -2.24. The van der Waals surface area contributed by atoms with Gasteiger partial charge in [-0.1, -0.05) is 6.07 Å². The molecule has 1 saturated heterocycles. The van der Waals surface area contributed by atoms with E-state index in [1.165, 1.54) is 0 Å². The molecule has 0 aromatic carbocycles. The highest BCUT2D eigenvalue weighted by Gasteiger charge is 2.24. The van der Waals surface area contributed by atoms with Gasteiger partial charge in [-0.15, -0.1) is 0 Å². The third-order valence-corrected chi connectivity index (χ3v) is 5.30. The summed E-state index contributed by atoms with van der Waals surface area (Å²) in [5, 5.41) is 0. The van der Waals surface area contributed by atoms with Crippen molar-refractivity contribution in [3.63, 3.8) is 0 Å². The molecular formula is C13H16N2O2S. The number of aromatic nitrogens is 2. The average molecular weight is 264 g/mol. The average Bonchev–Trinajstić information content (AvgIpc) is 2.74. The molecule has 0 N–H and O–H groups in total. The van der Waals surface area contributed by atoms with E-state index in [0.29, 0.717) is 17.4 Å². The van der Waals surface area contributed by atoms with Gasteiger partial charge in [0, 0.05) is 12.4 Å². The number of hydrogen-bond acceptors (Lipinski definition) is 3. The Bertz CT molecular complexity index is 613. The van der Waals surface area contributed by atoms with Crippen molar-refractivity contribution >= 4 is 15.5 Å². The van der Waals surface area contributed by atoms with E-state index in [2.05, 4.69) is 4.98 Å². The van der Waals surface area contributed by atoms with Gasteiger partial charge in [0.2, 0.25) is 0 Å². The summed E-state index contributed by atoms with van der Waals surface area (Å²) >= 11 is 0. The van der Waals surface area contributed by atoms with Crippen LogP contribution in [-0.4, -0.2) is 29.3 Å². The Hall–Kier alpha value is -1.36. The van der Waals surface area contributed by atoms with Crippen molar-refractivity contribution in [3.05, 3.63) is 36.3 Å². The summed E-state index contributed by atoms with van der Waals surface area (Å²) < 4.78 is 24.7. The van der Waals surface area contributed by atoms with Crippen LogP contribution in [0.5, 0.6) is 0 Å². The molecule has 0 amide bonds. The van der Waals surface area contributed by atoms with Gasteiger partial charge in [0.1, 0.15) is 15.5 Å². The molecule has 0 spiro atoms. The van der Waals surface area contributed by atoms with Crippen molar-refractivity contribution in [2.24, 2.45) is 5.92 Å². The zero-order valence-electron chi connectivity index (χ0n) is 10.1. The van der Waals surface area contributed by atoms with E-state index in [1.54, 1.807) is 0 Å². The molecule has 96 valence electrons. The largest absolute Gasteiger partial charge is 0.307 e. The second-order valence-electron chi connectivity index (χ2n) is 5.00. The van der Waals surface area contributed by atoms with Crippen molar-refractivity contribution in [2.75, 3.05) is 11.5 Å². The molecule has 0 radical (unpaired) electrons. The van der Waals surface area contributed by atoms with E-state index in [-0.39, 0.29) is 0 Å². The Labute approximate surface area is 107 Å². The maximum Gasteiger partial charge on any atom is 0.150 e. The second-order valence-corrected chi connectivity index (χ2v) is 7.30. The first kappa shape index (κ1) is 11.7. The third-order valence-electron chi connectivity index (χ3n) is 3.59. The minimum atomic E-state index is -2.76. The Morgan fingerprint density at radius 2 is 2.06 bits per heavy atom. The van der Waals surface area contributed by atoms with Crippen LogP contribution in [0, 0.1) is 5.92 Å². The van der Waals surface area contributed by atoms with Gasteiger partial charge in [0.05, 0.1) is 17.2 Å². The molecule has 5 heteroatoms. The van der Waals surface area contributed by atoms with E-state index in [4.69, 9.17) is 0 Å². The summed E-state index contributed by atoms with van der Waals surface area (Å²) in [5.41, 5.74) is 2.02. The number of pyridine rings is 1. The summed E-state index contributed by atoms with van der Waals surface area (Å²) in [6.07, 6.45) is 6.46. The molecule has 3 heterocycles. The second kappa shape index (κ2) is 4.39. The van der Waals surface area contributed by atoms with Crippen molar-refractivity contribution in [3.8, 4) is 0 Å². The molecule has 0 atom stereocenters. The van der Waals surface area contributed by atoms with Crippen LogP contribution in [-0.2, 0) is 16.3 Å². The lowest BCUT2D eigenvalue weighted by molar-refractivity contribution is 0.459. The van der Waals surface area contributed by atoms with Crippen molar-refractivity contribution in [1.29, 1.82) is 0 Å². The predicted molar refractivity (Wildman–Crippen MR) is 70.3 cm³/mol. The summed E-state index contributed by atoms with van der Waals surface area (Å²) in [7, 11) is -2.76. The zero-order valence-corrected chi connectivity index (χ0v) is 10.9. The van der Waals surface area contributed by atoms with Gasteiger partial charge in [-0.3, -0.25) is 0 Å². The normalized spacial score (nSPS) is 20.2. The van der Waals surface area contributed by atoms with Crippen LogP contribution in [0.4, 0.5) is 0 Å². The number of nitrogens with zero attached hydrogens (tertiary/aromatic N) is 2. The number of fused-ring (bicyclic) bond motifs is 1. The van der Waals surface area contributed by atoms with Crippen LogP contribution in [0.25, 0.3) is 5.65 Å². The first-order chi connectivity index (χ1) is 8.62. The van der Waals surface area contributed by atoms with Crippen molar-refractivity contribution < 1.29 is 8.42 Å². The lowest BCUT2D eigenvalue weighted by Gasteiger charge is -2.20.